The molecule has 1 atom stereocenters. The van der Waals surface area contributed by atoms with Crippen molar-refractivity contribution >= 4 is 5.78 Å². The Labute approximate surface area is 113 Å². The van der Waals surface area contributed by atoms with E-state index in [1.165, 1.54) is 0 Å². The van der Waals surface area contributed by atoms with Crippen LogP contribution >= 0.6 is 0 Å². The zero-order valence-electron chi connectivity index (χ0n) is 13.2. The Hall–Kier alpha value is -0.410. The first-order chi connectivity index (χ1) is 8.25. The van der Waals surface area contributed by atoms with Crippen LogP contribution in [-0.4, -0.2) is 46.9 Å². The van der Waals surface area contributed by atoms with E-state index < -0.39 is 0 Å². The SMILES string of the molecule is CC(C)C(=O)C1(N(C)C(C)C)CCCN1C(C)C. The van der Waals surface area contributed by atoms with Crippen LogP contribution in [0.3, 0.4) is 0 Å². The van der Waals surface area contributed by atoms with Gasteiger partial charge in [0.2, 0.25) is 0 Å². The van der Waals surface area contributed by atoms with Crippen LogP contribution in [0.15, 0.2) is 0 Å². The molecule has 0 N–H and O–H groups in total. The van der Waals surface area contributed by atoms with Crippen molar-refractivity contribution in [2.24, 2.45) is 5.92 Å². The molecule has 0 spiro atoms. The minimum Gasteiger partial charge on any atom is -0.296 e. The van der Waals surface area contributed by atoms with E-state index in [1.54, 1.807) is 0 Å². The molecule has 0 saturated carbocycles. The van der Waals surface area contributed by atoms with E-state index in [2.05, 4.69) is 44.5 Å². The van der Waals surface area contributed by atoms with E-state index in [0.29, 0.717) is 17.9 Å². The fraction of sp³-hybridized carbons (Fsp3) is 0.933. The van der Waals surface area contributed by atoms with Crippen LogP contribution in [0, 0.1) is 5.92 Å². The lowest BCUT2D eigenvalue weighted by Crippen LogP contribution is -2.65. The first-order valence-corrected chi connectivity index (χ1v) is 7.29. The van der Waals surface area contributed by atoms with Crippen molar-refractivity contribution in [2.45, 2.75) is 72.1 Å². The van der Waals surface area contributed by atoms with Crippen LogP contribution in [-0.2, 0) is 4.79 Å². The van der Waals surface area contributed by atoms with Gasteiger partial charge in [0.05, 0.1) is 0 Å². The summed E-state index contributed by atoms with van der Waals surface area (Å²) in [6.45, 7) is 13.8. The number of ketones is 1. The van der Waals surface area contributed by atoms with Gasteiger partial charge in [-0.2, -0.15) is 0 Å². The molecule has 0 aliphatic carbocycles. The number of nitrogens with zero attached hydrogens (tertiary/aromatic N) is 2. The van der Waals surface area contributed by atoms with Gasteiger partial charge < -0.3 is 0 Å². The number of likely N-dealkylation sites (tertiary alicyclic amines) is 1. The quantitative estimate of drug-likeness (QED) is 0.754. The molecule has 0 amide bonds. The standard InChI is InChI=1S/C15H30N2O/c1-11(2)14(18)15(16(7)12(3)4)9-8-10-17(15)13(5)6/h11-13H,8-10H2,1-7H3. The summed E-state index contributed by atoms with van der Waals surface area (Å²) in [4.78, 5) is 17.5. The van der Waals surface area contributed by atoms with Gasteiger partial charge in [-0.15, -0.1) is 0 Å². The van der Waals surface area contributed by atoms with Crippen LogP contribution in [0.4, 0.5) is 0 Å². The van der Waals surface area contributed by atoms with Gasteiger partial charge in [0.25, 0.3) is 0 Å². The van der Waals surface area contributed by atoms with Gasteiger partial charge in [-0.1, -0.05) is 13.8 Å². The summed E-state index contributed by atoms with van der Waals surface area (Å²) >= 11 is 0. The molecule has 1 fully saturated rings. The van der Waals surface area contributed by atoms with Crippen LogP contribution < -0.4 is 0 Å². The summed E-state index contributed by atoms with van der Waals surface area (Å²) in [5.74, 6) is 0.468. The molecule has 1 saturated heterocycles. The summed E-state index contributed by atoms with van der Waals surface area (Å²) < 4.78 is 0. The maximum atomic E-state index is 12.8. The Morgan fingerprint density at radius 2 is 1.72 bits per heavy atom. The molecule has 0 aromatic rings. The van der Waals surface area contributed by atoms with Gasteiger partial charge >= 0.3 is 0 Å². The number of rotatable bonds is 5. The van der Waals surface area contributed by atoms with Crippen molar-refractivity contribution in [3.05, 3.63) is 0 Å². The van der Waals surface area contributed by atoms with Gasteiger partial charge in [-0.3, -0.25) is 14.6 Å². The molecule has 1 unspecified atom stereocenters. The van der Waals surface area contributed by atoms with E-state index in [9.17, 15) is 4.79 Å². The minimum atomic E-state index is -0.378. The summed E-state index contributed by atoms with van der Waals surface area (Å²) in [6, 6.07) is 0.795. The lowest BCUT2D eigenvalue weighted by Gasteiger charge is -2.48. The van der Waals surface area contributed by atoms with Crippen LogP contribution in [0.25, 0.3) is 0 Å². The molecule has 1 aliphatic heterocycles. The second-order valence-corrected chi connectivity index (χ2v) is 6.43. The van der Waals surface area contributed by atoms with E-state index in [0.717, 1.165) is 19.4 Å². The molecule has 3 nitrogen and oxygen atoms in total. The van der Waals surface area contributed by atoms with Crippen LogP contribution in [0.2, 0.25) is 0 Å². The van der Waals surface area contributed by atoms with Gasteiger partial charge in [-0.05, 0) is 47.6 Å². The smallest absolute Gasteiger partial charge is 0.170 e. The van der Waals surface area contributed by atoms with Crippen molar-refractivity contribution in [2.75, 3.05) is 13.6 Å². The van der Waals surface area contributed by atoms with Gasteiger partial charge in [0.1, 0.15) is 5.66 Å². The Balaban J connectivity index is 3.20. The predicted octanol–water partition coefficient (Wildman–Crippen LogP) is 2.75. The highest BCUT2D eigenvalue weighted by Gasteiger charge is 2.52. The highest BCUT2D eigenvalue weighted by molar-refractivity contribution is 5.90. The normalized spacial score (nSPS) is 25.9. The number of Topliss-reactive ketones (excluding diaryl/α,β-unsaturated/α-hetero) is 1. The molecule has 1 heterocycles. The average molecular weight is 254 g/mol. The molecule has 0 radical (unpaired) electrons. The van der Waals surface area contributed by atoms with Crippen molar-refractivity contribution in [1.29, 1.82) is 0 Å². The van der Waals surface area contributed by atoms with Gasteiger partial charge in [0.15, 0.2) is 5.78 Å². The summed E-state index contributed by atoms with van der Waals surface area (Å²) in [5, 5.41) is 0. The fourth-order valence-electron chi connectivity index (χ4n) is 3.22. The first-order valence-electron chi connectivity index (χ1n) is 7.29. The highest BCUT2D eigenvalue weighted by atomic mass is 16.1. The molecule has 0 aromatic heterocycles. The average Bonchev–Trinajstić information content (AvgIpc) is 2.71. The Morgan fingerprint density at radius 1 is 1.17 bits per heavy atom. The molecule has 0 bridgehead atoms. The van der Waals surface area contributed by atoms with Gasteiger partial charge in [0, 0.05) is 24.5 Å². The summed E-state index contributed by atoms with van der Waals surface area (Å²) in [6.07, 6.45) is 2.09. The molecule has 106 valence electrons. The largest absolute Gasteiger partial charge is 0.296 e. The number of carbonyl (C=O) groups is 1. The van der Waals surface area contributed by atoms with E-state index >= 15 is 0 Å². The lowest BCUT2D eigenvalue weighted by molar-refractivity contribution is -0.149. The first kappa shape index (κ1) is 15.6. The molecule has 3 heteroatoms. The van der Waals surface area contributed by atoms with E-state index in [-0.39, 0.29) is 11.6 Å². The molecular formula is C15H30N2O. The summed E-state index contributed by atoms with van der Waals surface area (Å²) in [5.41, 5.74) is -0.378. The predicted molar refractivity (Wildman–Crippen MR) is 76.6 cm³/mol. The van der Waals surface area contributed by atoms with Crippen molar-refractivity contribution < 1.29 is 4.79 Å². The minimum absolute atomic E-state index is 0.0885. The third-order valence-electron chi connectivity index (χ3n) is 4.30. The van der Waals surface area contributed by atoms with Gasteiger partial charge in [-0.25, -0.2) is 0 Å². The highest BCUT2D eigenvalue weighted by Crippen LogP contribution is 2.37. The monoisotopic (exact) mass is 254 g/mol. The number of hydrogen-bond acceptors (Lipinski definition) is 3. The Bertz CT molecular complexity index is 299. The molecule has 1 aliphatic rings. The van der Waals surface area contributed by atoms with Crippen molar-refractivity contribution in [3.8, 4) is 0 Å². The second-order valence-electron chi connectivity index (χ2n) is 6.43. The maximum Gasteiger partial charge on any atom is 0.170 e. The number of carbonyl (C=O) groups excluding carboxylic acids is 1. The molecule has 0 aromatic carbocycles. The number of hydrogen-bond donors (Lipinski definition) is 0. The van der Waals surface area contributed by atoms with Crippen molar-refractivity contribution in [3.63, 3.8) is 0 Å². The molecule has 18 heavy (non-hydrogen) atoms. The third-order valence-corrected chi connectivity index (χ3v) is 4.30. The fourth-order valence-corrected chi connectivity index (χ4v) is 3.22. The van der Waals surface area contributed by atoms with Crippen molar-refractivity contribution in [1.82, 2.24) is 9.80 Å². The maximum absolute atomic E-state index is 12.8. The number of likely N-dealkylation sites (N-methyl/N-ethyl adjacent to an activating group) is 1. The Morgan fingerprint density at radius 3 is 2.11 bits per heavy atom. The lowest BCUT2D eigenvalue weighted by atomic mass is 9.89. The zero-order valence-corrected chi connectivity index (χ0v) is 13.2. The Kier molecular flexibility index (Phi) is 4.96. The summed E-state index contributed by atoms with van der Waals surface area (Å²) in [7, 11) is 2.10. The molecular weight excluding hydrogens is 224 g/mol. The van der Waals surface area contributed by atoms with E-state index in [4.69, 9.17) is 0 Å². The molecule has 1 rings (SSSR count). The second kappa shape index (κ2) is 5.70. The van der Waals surface area contributed by atoms with E-state index in [1.807, 2.05) is 13.8 Å². The zero-order chi connectivity index (χ0) is 14.1. The van der Waals surface area contributed by atoms with Crippen LogP contribution in [0.5, 0.6) is 0 Å². The topological polar surface area (TPSA) is 23.6 Å². The third kappa shape index (κ3) is 2.48. The van der Waals surface area contributed by atoms with Crippen LogP contribution in [0.1, 0.15) is 54.4 Å².